The fourth-order valence-electron chi connectivity index (χ4n) is 1.63. The van der Waals surface area contributed by atoms with Gasteiger partial charge in [0, 0.05) is 5.41 Å². The second-order valence-corrected chi connectivity index (χ2v) is 5.41. The van der Waals surface area contributed by atoms with Gasteiger partial charge in [-0.25, -0.2) is 0 Å². The Kier molecular flexibility index (Phi) is 5.27. The Morgan fingerprint density at radius 2 is 1.57 bits per heavy atom. The molecule has 0 spiro atoms. The van der Waals surface area contributed by atoms with Gasteiger partial charge in [0.25, 0.3) is 0 Å². The molecule has 0 aliphatic heterocycles. The van der Waals surface area contributed by atoms with Crippen LogP contribution in [0.4, 0.5) is 0 Å². The average molecular weight is 194 g/mol. The summed E-state index contributed by atoms with van der Waals surface area (Å²) in [5.41, 5.74) is 0.459. The van der Waals surface area contributed by atoms with Gasteiger partial charge in [-0.15, -0.1) is 5.92 Å². The van der Waals surface area contributed by atoms with Gasteiger partial charge in [0.1, 0.15) is 0 Å². The van der Waals surface area contributed by atoms with E-state index in [9.17, 15) is 0 Å². The molecule has 0 rings (SSSR count). The fraction of sp³-hybridized carbons (Fsp3) is 0.857. The molecule has 0 nitrogen and oxygen atoms in total. The van der Waals surface area contributed by atoms with E-state index < -0.39 is 0 Å². The van der Waals surface area contributed by atoms with Crippen molar-refractivity contribution in [3.05, 3.63) is 0 Å². The lowest BCUT2D eigenvalue weighted by molar-refractivity contribution is 0.162. The molecule has 1 atom stereocenters. The van der Waals surface area contributed by atoms with Crippen LogP contribution in [-0.2, 0) is 0 Å². The number of hydrogen-bond donors (Lipinski definition) is 0. The lowest BCUT2D eigenvalue weighted by atomic mass is 9.65. The molecule has 0 aromatic heterocycles. The smallest absolute Gasteiger partial charge is 0.0334 e. The van der Waals surface area contributed by atoms with Gasteiger partial charge in [0.2, 0.25) is 0 Å². The summed E-state index contributed by atoms with van der Waals surface area (Å²) >= 11 is 0. The third kappa shape index (κ3) is 3.74. The Bertz CT molecular complexity index is 208. The number of unbranched alkanes of at least 4 members (excludes halogenated alkanes) is 2. The topological polar surface area (TPSA) is 0 Å². The normalized spacial score (nSPS) is 15.6. The summed E-state index contributed by atoms with van der Waals surface area (Å²) in [5, 5.41) is 0. The first-order valence-electron chi connectivity index (χ1n) is 5.81. The molecule has 0 aliphatic carbocycles. The van der Waals surface area contributed by atoms with Crippen LogP contribution >= 0.6 is 0 Å². The molecule has 0 amide bonds. The van der Waals surface area contributed by atoms with Crippen LogP contribution in [0.3, 0.4) is 0 Å². The van der Waals surface area contributed by atoms with Crippen molar-refractivity contribution >= 4 is 0 Å². The monoisotopic (exact) mass is 194 g/mol. The molecule has 0 heteroatoms. The number of hydrogen-bond acceptors (Lipinski definition) is 0. The molecular formula is C14H26. The zero-order valence-corrected chi connectivity index (χ0v) is 10.8. The molecule has 82 valence electrons. The molecule has 0 unspecified atom stereocenters. The van der Waals surface area contributed by atoms with E-state index in [1.54, 1.807) is 0 Å². The number of rotatable bonds is 4. The average Bonchev–Trinajstić information content (AvgIpc) is 2.03. The Balaban J connectivity index is 4.47. The highest BCUT2D eigenvalue weighted by atomic mass is 14.4. The minimum atomic E-state index is 0.178. The first-order valence-corrected chi connectivity index (χ1v) is 5.81. The largest absolute Gasteiger partial charge is 0.106 e. The lowest BCUT2D eigenvalue weighted by Crippen LogP contribution is -2.31. The minimum Gasteiger partial charge on any atom is -0.106 e. The second-order valence-electron chi connectivity index (χ2n) is 5.41. The van der Waals surface area contributed by atoms with E-state index in [1.807, 2.05) is 6.92 Å². The van der Waals surface area contributed by atoms with Crippen LogP contribution in [0.25, 0.3) is 0 Å². The SMILES string of the molecule is CC#C[C@@](C)(CCCCC)C(C)(C)C. The maximum Gasteiger partial charge on any atom is 0.0334 e. The summed E-state index contributed by atoms with van der Waals surface area (Å²) in [6, 6.07) is 0. The summed E-state index contributed by atoms with van der Waals surface area (Å²) in [5.74, 6) is 6.50. The summed E-state index contributed by atoms with van der Waals surface area (Å²) in [4.78, 5) is 0. The van der Waals surface area contributed by atoms with Gasteiger partial charge in [0.05, 0.1) is 0 Å². The molecule has 0 aromatic rings. The van der Waals surface area contributed by atoms with Crippen molar-refractivity contribution in [3.8, 4) is 11.8 Å². The van der Waals surface area contributed by atoms with Gasteiger partial charge >= 0.3 is 0 Å². The molecule has 0 aromatic carbocycles. The standard InChI is InChI=1S/C14H26/c1-7-9-10-12-14(6,11-8-2)13(3,4)5/h7,9-10,12H2,1-6H3/t14-/m0/s1. The van der Waals surface area contributed by atoms with E-state index in [0.717, 1.165) is 0 Å². The molecule has 14 heavy (non-hydrogen) atoms. The van der Waals surface area contributed by atoms with Crippen LogP contribution in [0.2, 0.25) is 0 Å². The molecule has 0 saturated heterocycles. The molecule has 0 saturated carbocycles. The van der Waals surface area contributed by atoms with Gasteiger partial charge in [-0.1, -0.05) is 52.9 Å². The van der Waals surface area contributed by atoms with Crippen molar-refractivity contribution in [2.75, 3.05) is 0 Å². The highest BCUT2D eigenvalue weighted by Crippen LogP contribution is 2.42. The quantitative estimate of drug-likeness (QED) is 0.451. The zero-order chi connectivity index (χ0) is 11.2. The zero-order valence-electron chi connectivity index (χ0n) is 10.8. The van der Waals surface area contributed by atoms with E-state index in [2.05, 4.69) is 46.5 Å². The maximum atomic E-state index is 3.41. The summed E-state index contributed by atoms with van der Waals surface area (Å²) < 4.78 is 0. The highest BCUT2D eigenvalue weighted by Gasteiger charge is 2.34. The van der Waals surface area contributed by atoms with Crippen LogP contribution in [0.15, 0.2) is 0 Å². The van der Waals surface area contributed by atoms with Crippen LogP contribution in [-0.4, -0.2) is 0 Å². The van der Waals surface area contributed by atoms with Crippen molar-refractivity contribution in [1.82, 2.24) is 0 Å². The van der Waals surface area contributed by atoms with Gasteiger partial charge in [0.15, 0.2) is 0 Å². The van der Waals surface area contributed by atoms with Gasteiger partial charge in [-0.3, -0.25) is 0 Å². The summed E-state index contributed by atoms with van der Waals surface area (Å²) in [7, 11) is 0. The molecule has 0 N–H and O–H groups in total. The lowest BCUT2D eigenvalue weighted by Gasteiger charge is -2.38. The van der Waals surface area contributed by atoms with Crippen molar-refractivity contribution in [2.24, 2.45) is 10.8 Å². The predicted molar refractivity (Wildman–Crippen MR) is 65.2 cm³/mol. The Morgan fingerprint density at radius 1 is 1.00 bits per heavy atom. The van der Waals surface area contributed by atoms with Crippen molar-refractivity contribution in [2.45, 2.75) is 67.2 Å². The molecular weight excluding hydrogens is 168 g/mol. The van der Waals surface area contributed by atoms with Crippen LogP contribution < -0.4 is 0 Å². The van der Waals surface area contributed by atoms with Crippen molar-refractivity contribution in [3.63, 3.8) is 0 Å². The van der Waals surface area contributed by atoms with Gasteiger partial charge in [-0.05, 0) is 25.7 Å². The first kappa shape index (κ1) is 13.6. The van der Waals surface area contributed by atoms with E-state index in [1.165, 1.54) is 25.7 Å². The molecule has 0 bridgehead atoms. The molecule has 0 fully saturated rings. The third-order valence-corrected chi connectivity index (χ3v) is 3.34. The molecule has 0 heterocycles. The fourth-order valence-corrected chi connectivity index (χ4v) is 1.63. The van der Waals surface area contributed by atoms with Crippen molar-refractivity contribution < 1.29 is 0 Å². The van der Waals surface area contributed by atoms with E-state index in [4.69, 9.17) is 0 Å². The first-order chi connectivity index (χ1) is 6.37. The Labute approximate surface area is 90.5 Å². The van der Waals surface area contributed by atoms with Gasteiger partial charge in [-0.2, -0.15) is 0 Å². The third-order valence-electron chi connectivity index (χ3n) is 3.34. The summed E-state index contributed by atoms with van der Waals surface area (Å²) in [6.45, 7) is 13.4. The second kappa shape index (κ2) is 5.44. The molecule has 0 aliphatic rings. The predicted octanol–water partition coefficient (Wildman–Crippen LogP) is 4.64. The van der Waals surface area contributed by atoms with Gasteiger partial charge < -0.3 is 0 Å². The Hall–Kier alpha value is -0.440. The highest BCUT2D eigenvalue weighted by molar-refractivity contribution is 5.13. The van der Waals surface area contributed by atoms with E-state index >= 15 is 0 Å². The van der Waals surface area contributed by atoms with E-state index in [0.29, 0.717) is 0 Å². The maximum absolute atomic E-state index is 3.41. The van der Waals surface area contributed by atoms with Crippen LogP contribution in [0, 0.1) is 22.7 Å². The van der Waals surface area contributed by atoms with Crippen molar-refractivity contribution in [1.29, 1.82) is 0 Å². The minimum absolute atomic E-state index is 0.178. The molecule has 0 radical (unpaired) electrons. The Morgan fingerprint density at radius 3 is 1.93 bits per heavy atom. The van der Waals surface area contributed by atoms with Crippen LogP contribution in [0.5, 0.6) is 0 Å². The van der Waals surface area contributed by atoms with Crippen LogP contribution in [0.1, 0.15) is 67.2 Å². The summed E-state index contributed by atoms with van der Waals surface area (Å²) in [6.07, 6.45) is 5.15. The van der Waals surface area contributed by atoms with E-state index in [-0.39, 0.29) is 10.8 Å².